The molecule has 0 unspecified atom stereocenters. The van der Waals surface area contributed by atoms with Crippen LogP contribution in [0.4, 0.5) is 0 Å². The van der Waals surface area contributed by atoms with E-state index in [-0.39, 0.29) is 11.8 Å². The Balaban J connectivity index is 1.37. The van der Waals surface area contributed by atoms with Gasteiger partial charge in [0, 0.05) is 30.6 Å². The van der Waals surface area contributed by atoms with Crippen LogP contribution in [0.2, 0.25) is 0 Å². The standard InChI is InChI=1S/C22H30N4O2/c1-14-11-20(28-26-14)19-13-23-15(2)25-21(19)17-9-7-16(8-10-17)12-24-22(27)18-5-3-4-6-18/h11,13,16-18H,3-10,12H2,1-2H3,(H,24,27). The summed E-state index contributed by atoms with van der Waals surface area (Å²) < 4.78 is 5.48. The van der Waals surface area contributed by atoms with Crippen molar-refractivity contribution < 1.29 is 9.32 Å². The second-order valence-corrected chi connectivity index (χ2v) is 8.49. The number of carbonyl (C=O) groups is 1. The molecule has 2 fully saturated rings. The van der Waals surface area contributed by atoms with Crippen molar-refractivity contribution >= 4 is 5.91 Å². The summed E-state index contributed by atoms with van der Waals surface area (Å²) in [4.78, 5) is 21.4. The number of hydrogen-bond donors (Lipinski definition) is 1. The molecule has 6 heteroatoms. The Labute approximate surface area is 166 Å². The van der Waals surface area contributed by atoms with Gasteiger partial charge in [0.2, 0.25) is 5.91 Å². The van der Waals surface area contributed by atoms with Crippen molar-refractivity contribution in [3.05, 3.63) is 29.5 Å². The minimum Gasteiger partial charge on any atom is -0.356 e. The van der Waals surface area contributed by atoms with Crippen LogP contribution in [0.25, 0.3) is 11.3 Å². The van der Waals surface area contributed by atoms with Crippen LogP contribution in [0.3, 0.4) is 0 Å². The fourth-order valence-electron chi connectivity index (χ4n) is 4.70. The van der Waals surface area contributed by atoms with Gasteiger partial charge in [-0.2, -0.15) is 0 Å². The Bertz CT molecular complexity index is 818. The number of nitrogens with zero attached hydrogens (tertiary/aromatic N) is 3. The van der Waals surface area contributed by atoms with E-state index in [2.05, 4.69) is 15.5 Å². The molecule has 1 N–H and O–H groups in total. The summed E-state index contributed by atoms with van der Waals surface area (Å²) in [5, 5.41) is 7.23. The van der Waals surface area contributed by atoms with E-state index < -0.39 is 0 Å². The lowest BCUT2D eigenvalue weighted by molar-refractivity contribution is -0.125. The predicted molar refractivity (Wildman–Crippen MR) is 107 cm³/mol. The summed E-state index contributed by atoms with van der Waals surface area (Å²) in [6.07, 6.45) is 10.8. The van der Waals surface area contributed by atoms with E-state index >= 15 is 0 Å². The minimum atomic E-state index is 0.258. The molecule has 0 bridgehead atoms. The lowest BCUT2D eigenvalue weighted by atomic mass is 9.79. The van der Waals surface area contributed by atoms with Crippen LogP contribution in [0.15, 0.2) is 16.8 Å². The van der Waals surface area contributed by atoms with E-state index in [1.807, 2.05) is 26.1 Å². The summed E-state index contributed by atoms with van der Waals surface area (Å²) in [6, 6.07) is 1.95. The summed E-state index contributed by atoms with van der Waals surface area (Å²) >= 11 is 0. The number of nitrogens with one attached hydrogen (secondary N) is 1. The molecule has 4 rings (SSSR count). The van der Waals surface area contributed by atoms with Crippen molar-refractivity contribution in [1.82, 2.24) is 20.4 Å². The summed E-state index contributed by atoms with van der Waals surface area (Å²) in [5.41, 5.74) is 2.91. The van der Waals surface area contributed by atoms with Gasteiger partial charge in [0.1, 0.15) is 5.82 Å². The monoisotopic (exact) mass is 382 g/mol. The molecule has 2 saturated carbocycles. The quantitative estimate of drug-likeness (QED) is 0.832. The van der Waals surface area contributed by atoms with Crippen LogP contribution >= 0.6 is 0 Å². The van der Waals surface area contributed by atoms with Gasteiger partial charge in [-0.1, -0.05) is 18.0 Å². The van der Waals surface area contributed by atoms with Gasteiger partial charge in [-0.25, -0.2) is 9.97 Å². The lowest BCUT2D eigenvalue weighted by Gasteiger charge is -2.29. The number of hydrogen-bond acceptors (Lipinski definition) is 5. The molecule has 0 radical (unpaired) electrons. The molecule has 0 aromatic carbocycles. The maximum Gasteiger partial charge on any atom is 0.223 e. The third-order valence-electron chi connectivity index (χ3n) is 6.36. The Kier molecular flexibility index (Phi) is 5.74. The van der Waals surface area contributed by atoms with E-state index in [9.17, 15) is 4.79 Å². The Morgan fingerprint density at radius 3 is 2.57 bits per heavy atom. The molecule has 1 amide bonds. The van der Waals surface area contributed by atoms with Crippen molar-refractivity contribution in [1.29, 1.82) is 0 Å². The van der Waals surface area contributed by atoms with Gasteiger partial charge in [0.15, 0.2) is 5.76 Å². The van der Waals surface area contributed by atoms with E-state index in [4.69, 9.17) is 9.51 Å². The smallest absolute Gasteiger partial charge is 0.223 e. The molecule has 2 aromatic heterocycles. The molecular weight excluding hydrogens is 352 g/mol. The fraction of sp³-hybridized carbons (Fsp3) is 0.636. The highest BCUT2D eigenvalue weighted by Crippen LogP contribution is 2.39. The van der Waals surface area contributed by atoms with E-state index in [1.165, 1.54) is 12.8 Å². The largest absolute Gasteiger partial charge is 0.356 e. The van der Waals surface area contributed by atoms with Gasteiger partial charge in [0.25, 0.3) is 0 Å². The zero-order chi connectivity index (χ0) is 19.5. The summed E-state index contributed by atoms with van der Waals surface area (Å²) in [6.45, 7) is 4.68. The average Bonchev–Trinajstić information content (AvgIpc) is 3.38. The molecule has 28 heavy (non-hydrogen) atoms. The number of rotatable bonds is 5. The van der Waals surface area contributed by atoms with Crippen LogP contribution in [0, 0.1) is 25.7 Å². The van der Waals surface area contributed by atoms with Crippen LogP contribution < -0.4 is 5.32 Å². The normalized spacial score (nSPS) is 23.1. The Morgan fingerprint density at radius 1 is 1.14 bits per heavy atom. The number of carbonyl (C=O) groups excluding carboxylic acids is 1. The first-order valence-corrected chi connectivity index (χ1v) is 10.6. The zero-order valence-corrected chi connectivity index (χ0v) is 16.9. The Hall–Kier alpha value is -2.24. The molecule has 0 aliphatic heterocycles. The number of aromatic nitrogens is 3. The van der Waals surface area contributed by atoms with Gasteiger partial charge >= 0.3 is 0 Å². The van der Waals surface area contributed by atoms with Gasteiger partial charge in [-0.15, -0.1) is 0 Å². The zero-order valence-electron chi connectivity index (χ0n) is 16.9. The van der Waals surface area contributed by atoms with E-state index in [1.54, 1.807) is 0 Å². The maximum atomic E-state index is 12.3. The van der Waals surface area contributed by atoms with E-state index in [0.29, 0.717) is 11.8 Å². The SMILES string of the molecule is Cc1cc(-c2cnc(C)nc2C2CCC(CNC(=O)C3CCCC3)CC2)on1. The van der Waals surface area contributed by atoms with Gasteiger partial charge in [0.05, 0.1) is 17.0 Å². The molecule has 150 valence electrons. The van der Waals surface area contributed by atoms with E-state index in [0.717, 1.165) is 73.6 Å². The molecular formula is C22H30N4O2. The van der Waals surface area contributed by atoms with Crippen LogP contribution in [0.5, 0.6) is 0 Å². The van der Waals surface area contributed by atoms with Crippen LogP contribution in [0.1, 0.15) is 74.5 Å². The first-order valence-electron chi connectivity index (χ1n) is 10.6. The highest BCUT2D eigenvalue weighted by atomic mass is 16.5. The van der Waals surface area contributed by atoms with Crippen molar-refractivity contribution in [2.45, 2.75) is 71.1 Å². The summed E-state index contributed by atoms with van der Waals surface area (Å²) in [5.74, 6) is 3.05. The Morgan fingerprint density at radius 2 is 1.89 bits per heavy atom. The minimum absolute atomic E-state index is 0.258. The second-order valence-electron chi connectivity index (χ2n) is 8.49. The third-order valence-corrected chi connectivity index (χ3v) is 6.36. The number of amides is 1. The maximum absolute atomic E-state index is 12.3. The molecule has 0 saturated heterocycles. The molecule has 2 heterocycles. The van der Waals surface area contributed by atoms with Gasteiger partial charge in [-0.05, 0) is 58.3 Å². The highest BCUT2D eigenvalue weighted by molar-refractivity contribution is 5.78. The van der Waals surface area contributed by atoms with Crippen LogP contribution in [-0.2, 0) is 4.79 Å². The van der Waals surface area contributed by atoms with Gasteiger partial charge in [-0.3, -0.25) is 4.79 Å². The topological polar surface area (TPSA) is 80.9 Å². The first-order chi connectivity index (χ1) is 13.6. The molecule has 6 nitrogen and oxygen atoms in total. The molecule has 0 atom stereocenters. The van der Waals surface area contributed by atoms with Crippen molar-refractivity contribution in [3.8, 4) is 11.3 Å². The third kappa shape index (κ3) is 4.26. The lowest BCUT2D eigenvalue weighted by Crippen LogP contribution is -2.34. The van der Waals surface area contributed by atoms with Crippen molar-refractivity contribution in [2.24, 2.45) is 11.8 Å². The molecule has 2 aliphatic carbocycles. The van der Waals surface area contributed by atoms with Crippen LogP contribution in [-0.4, -0.2) is 27.6 Å². The predicted octanol–water partition coefficient (Wildman–Crippen LogP) is 4.33. The number of aryl methyl sites for hydroxylation is 2. The second kappa shape index (κ2) is 8.41. The van der Waals surface area contributed by atoms with Crippen molar-refractivity contribution in [2.75, 3.05) is 6.54 Å². The molecule has 0 spiro atoms. The average molecular weight is 383 g/mol. The van der Waals surface area contributed by atoms with Gasteiger partial charge < -0.3 is 9.84 Å². The highest BCUT2D eigenvalue weighted by Gasteiger charge is 2.28. The molecule has 2 aromatic rings. The van der Waals surface area contributed by atoms with Crippen molar-refractivity contribution in [3.63, 3.8) is 0 Å². The summed E-state index contributed by atoms with van der Waals surface area (Å²) in [7, 11) is 0. The molecule has 2 aliphatic rings. The first kappa shape index (κ1) is 19.1. The fourth-order valence-corrected chi connectivity index (χ4v) is 4.70.